The van der Waals surface area contributed by atoms with E-state index >= 15 is 0 Å². The Kier molecular flexibility index (Phi) is 6.97. The SMILES string of the molecule is COC[C@@H]1CCCN1S(=O)(=O)c1ccc2c(c1)C1(OCCO1)C(=O)N2CC1(CN)CCCCCC1. The van der Waals surface area contributed by atoms with E-state index in [4.69, 9.17) is 19.9 Å². The van der Waals surface area contributed by atoms with Crippen LogP contribution in [0.15, 0.2) is 23.1 Å². The number of ether oxygens (including phenoxy) is 3. The Morgan fingerprint density at radius 3 is 2.49 bits per heavy atom. The summed E-state index contributed by atoms with van der Waals surface area (Å²) in [5, 5.41) is 0. The van der Waals surface area contributed by atoms with Crippen molar-refractivity contribution in [1.29, 1.82) is 0 Å². The quantitative estimate of drug-likeness (QED) is 0.564. The lowest BCUT2D eigenvalue weighted by Crippen LogP contribution is -2.48. The Bertz CT molecular complexity index is 1050. The molecule has 3 fully saturated rings. The fourth-order valence-corrected chi connectivity index (χ4v) is 7.99. The molecule has 2 saturated heterocycles. The summed E-state index contributed by atoms with van der Waals surface area (Å²) in [7, 11) is -2.19. The number of sulfonamides is 1. The number of rotatable bonds is 7. The molecule has 0 bridgehead atoms. The smallest absolute Gasteiger partial charge is 0.292 e. The van der Waals surface area contributed by atoms with E-state index in [1.54, 1.807) is 30.2 Å². The van der Waals surface area contributed by atoms with Gasteiger partial charge in [-0.2, -0.15) is 4.31 Å². The number of anilines is 1. The summed E-state index contributed by atoms with van der Waals surface area (Å²) in [6.07, 6.45) is 8.07. The Hall–Kier alpha value is -1.56. The second kappa shape index (κ2) is 9.72. The highest BCUT2D eigenvalue weighted by Crippen LogP contribution is 2.49. The highest BCUT2D eigenvalue weighted by Gasteiger charge is 2.57. The third-order valence-electron chi connectivity index (χ3n) is 8.21. The first-order chi connectivity index (χ1) is 16.9. The van der Waals surface area contributed by atoms with Gasteiger partial charge in [-0.05, 0) is 50.4 Å². The molecule has 1 aromatic rings. The second-order valence-corrected chi connectivity index (χ2v) is 12.3. The molecule has 5 rings (SSSR count). The van der Waals surface area contributed by atoms with Gasteiger partial charge in [0.05, 0.1) is 30.4 Å². The number of fused-ring (bicyclic) bond motifs is 2. The van der Waals surface area contributed by atoms with Crippen LogP contribution in [0.4, 0.5) is 5.69 Å². The number of nitrogens with two attached hydrogens (primary N) is 1. The molecule has 9 nitrogen and oxygen atoms in total. The molecule has 2 N–H and O–H groups in total. The number of carbonyl (C=O) groups excluding carboxylic acids is 1. The van der Waals surface area contributed by atoms with Crippen molar-refractivity contribution in [3.63, 3.8) is 0 Å². The highest BCUT2D eigenvalue weighted by molar-refractivity contribution is 7.89. The molecule has 3 aliphatic heterocycles. The first-order valence-corrected chi connectivity index (χ1v) is 14.3. The van der Waals surface area contributed by atoms with Crippen molar-refractivity contribution >= 4 is 21.6 Å². The average Bonchev–Trinajstić information content (AvgIpc) is 3.54. The minimum atomic E-state index is -3.77. The van der Waals surface area contributed by atoms with Gasteiger partial charge in [0.1, 0.15) is 0 Å². The predicted molar refractivity (Wildman–Crippen MR) is 130 cm³/mol. The van der Waals surface area contributed by atoms with Crippen LogP contribution >= 0.6 is 0 Å². The molecular formula is C25H37N3O6S. The van der Waals surface area contributed by atoms with Crippen LogP contribution in [0.1, 0.15) is 56.9 Å². The van der Waals surface area contributed by atoms with E-state index < -0.39 is 15.8 Å². The summed E-state index contributed by atoms with van der Waals surface area (Å²) < 4.78 is 45.9. The normalized spacial score (nSPS) is 26.4. The number of methoxy groups -OCH3 is 1. The van der Waals surface area contributed by atoms with Crippen LogP contribution in [0.3, 0.4) is 0 Å². The molecule has 1 amide bonds. The lowest BCUT2D eigenvalue weighted by molar-refractivity contribution is -0.181. The topological polar surface area (TPSA) is 111 Å². The van der Waals surface area contributed by atoms with Crippen LogP contribution in [0.5, 0.6) is 0 Å². The number of nitrogens with zero attached hydrogens (tertiary/aromatic N) is 2. The number of benzene rings is 1. The van der Waals surface area contributed by atoms with E-state index in [1.165, 1.54) is 17.1 Å². The molecule has 194 valence electrons. The largest absolute Gasteiger partial charge is 0.383 e. The van der Waals surface area contributed by atoms with Crippen molar-refractivity contribution in [2.24, 2.45) is 11.1 Å². The Morgan fingerprint density at radius 2 is 1.83 bits per heavy atom. The zero-order valence-corrected chi connectivity index (χ0v) is 21.4. The summed E-state index contributed by atoms with van der Waals surface area (Å²) in [6.45, 7) is 2.35. The van der Waals surface area contributed by atoms with E-state index in [9.17, 15) is 13.2 Å². The Morgan fingerprint density at radius 1 is 1.11 bits per heavy atom. The van der Waals surface area contributed by atoms with E-state index in [-0.39, 0.29) is 35.5 Å². The van der Waals surface area contributed by atoms with Crippen molar-refractivity contribution < 1.29 is 27.4 Å². The van der Waals surface area contributed by atoms with Crippen LogP contribution in [0.25, 0.3) is 0 Å². The monoisotopic (exact) mass is 507 g/mol. The molecule has 0 unspecified atom stereocenters. The maximum atomic E-state index is 13.8. The van der Waals surface area contributed by atoms with Gasteiger partial charge in [0.15, 0.2) is 0 Å². The van der Waals surface area contributed by atoms with Gasteiger partial charge < -0.3 is 24.8 Å². The maximum Gasteiger partial charge on any atom is 0.292 e. The van der Waals surface area contributed by atoms with Crippen LogP contribution in [-0.2, 0) is 34.8 Å². The molecular weight excluding hydrogens is 470 g/mol. The minimum absolute atomic E-state index is 0.149. The number of hydrogen-bond donors (Lipinski definition) is 1. The minimum Gasteiger partial charge on any atom is -0.383 e. The van der Waals surface area contributed by atoms with E-state index in [1.807, 2.05) is 0 Å². The third-order valence-corrected chi connectivity index (χ3v) is 10.2. The van der Waals surface area contributed by atoms with Gasteiger partial charge in [-0.3, -0.25) is 4.79 Å². The standard InChI is InChI=1S/C25H37N3O6S/c1-32-16-19-7-6-12-28(19)35(30,31)20-8-9-22-21(15-20)25(33-13-14-34-25)23(29)27(22)18-24(17-26)10-4-2-3-5-11-24/h8-9,15,19H,2-7,10-14,16-18,26H2,1H3/t19-/m0/s1. The van der Waals surface area contributed by atoms with Crippen molar-refractivity contribution in [2.45, 2.75) is 68.1 Å². The molecule has 4 aliphatic rings. The average molecular weight is 508 g/mol. The Labute approximate surface area is 207 Å². The van der Waals surface area contributed by atoms with Crippen molar-refractivity contribution in [1.82, 2.24) is 4.31 Å². The molecule has 0 radical (unpaired) electrons. The number of hydrogen-bond acceptors (Lipinski definition) is 7. The van der Waals surface area contributed by atoms with Crippen molar-refractivity contribution in [3.8, 4) is 0 Å². The molecule has 1 aromatic carbocycles. The van der Waals surface area contributed by atoms with Gasteiger partial charge in [-0.25, -0.2) is 8.42 Å². The summed E-state index contributed by atoms with van der Waals surface area (Å²) in [4.78, 5) is 15.7. The van der Waals surface area contributed by atoms with Crippen molar-refractivity contribution in [2.75, 3.05) is 51.5 Å². The lowest BCUT2D eigenvalue weighted by atomic mass is 9.80. The Balaban J connectivity index is 1.52. The number of carbonyl (C=O) groups is 1. The summed E-state index contributed by atoms with van der Waals surface area (Å²) in [5.74, 6) is -1.87. The number of amides is 1. The van der Waals surface area contributed by atoms with Gasteiger partial charge in [-0.15, -0.1) is 0 Å². The summed E-state index contributed by atoms with van der Waals surface area (Å²) in [6, 6.07) is 4.73. The first kappa shape index (κ1) is 25.1. The highest BCUT2D eigenvalue weighted by atomic mass is 32.2. The zero-order chi connectivity index (χ0) is 24.7. The van der Waals surface area contributed by atoms with E-state index in [0.717, 1.165) is 38.5 Å². The molecule has 1 spiro atoms. The van der Waals surface area contributed by atoms with Gasteiger partial charge in [0, 0.05) is 37.2 Å². The van der Waals surface area contributed by atoms with Crippen molar-refractivity contribution in [3.05, 3.63) is 23.8 Å². The lowest BCUT2D eigenvalue weighted by Gasteiger charge is -2.36. The molecule has 10 heteroatoms. The third kappa shape index (κ3) is 4.22. The van der Waals surface area contributed by atoms with Crippen LogP contribution in [0.2, 0.25) is 0 Å². The van der Waals surface area contributed by atoms with Gasteiger partial charge in [0.25, 0.3) is 11.7 Å². The van der Waals surface area contributed by atoms with Gasteiger partial charge in [0.2, 0.25) is 10.0 Å². The van der Waals surface area contributed by atoms with Gasteiger partial charge >= 0.3 is 0 Å². The fraction of sp³-hybridized carbons (Fsp3) is 0.720. The zero-order valence-electron chi connectivity index (χ0n) is 20.5. The molecule has 0 aromatic heterocycles. The van der Waals surface area contributed by atoms with Gasteiger partial charge in [-0.1, -0.05) is 25.7 Å². The first-order valence-electron chi connectivity index (χ1n) is 12.8. The molecule has 1 atom stereocenters. The van der Waals surface area contributed by atoms with Crippen LogP contribution < -0.4 is 10.6 Å². The van der Waals surface area contributed by atoms with Crippen LogP contribution in [0, 0.1) is 5.41 Å². The molecule has 35 heavy (non-hydrogen) atoms. The summed E-state index contributed by atoms with van der Waals surface area (Å²) in [5.41, 5.74) is 7.26. The van der Waals surface area contributed by atoms with Crippen LogP contribution in [-0.4, -0.2) is 71.2 Å². The molecule has 3 heterocycles. The van der Waals surface area contributed by atoms with E-state index in [0.29, 0.717) is 37.5 Å². The van der Waals surface area contributed by atoms with E-state index in [2.05, 4.69) is 0 Å². The summed E-state index contributed by atoms with van der Waals surface area (Å²) >= 11 is 0. The molecule has 1 aliphatic carbocycles. The maximum absolute atomic E-state index is 13.8. The molecule has 1 saturated carbocycles. The second-order valence-electron chi connectivity index (χ2n) is 10.4. The fourth-order valence-electron chi connectivity index (χ4n) is 6.29. The predicted octanol–water partition coefficient (Wildman–Crippen LogP) is 2.33.